The second-order valence-electron chi connectivity index (χ2n) is 5.58. The summed E-state index contributed by atoms with van der Waals surface area (Å²) >= 11 is 6.07. The number of nitrogens with two attached hydrogens (primary N) is 2. The zero-order valence-corrected chi connectivity index (χ0v) is 13.9. The second kappa shape index (κ2) is 5.99. The summed E-state index contributed by atoms with van der Waals surface area (Å²) in [6, 6.07) is 17.2. The minimum Gasteiger partial charge on any atom is -0.382 e. The maximum atomic E-state index is 6.07. The van der Waals surface area contributed by atoms with Crippen LogP contribution in [0, 0.1) is 0 Å². The number of hydrazone groups is 1. The van der Waals surface area contributed by atoms with Crippen molar-refractivity contribution in [2.45, 2.75) is 0 Å². The molecule has 0 unspecified atom stereocenters. The highest BCUT2D eigenvalue weighted by Crippen LogP contribution is 2.26. The van der Waals surface area contributed by atoms with Gasteiger partial charge in [-0.1, -0.05) is 17.7 Å². The molecule has 0 aliphatic carbocycles. The number of benzene rings is 2. The van der Waals surface area contributed by atoms with Gasteiger partial charge in [0.1, 0.15) is 5.84 Å². The van der Waals surface area contributed by atoms with Crippen LogP contribution >= 0.6 is 11.6 Å². The van der Waals surface area contributed by atoms with Crippen LogP contribution in [0.4, 0.5) is 11.5 Å². The molecule has 25 heavy (non-hydrogen) atoms. The Morgan fingerprint density at radius 2 is 1.96 bits per heavy atom. The summed E-state index contributed by atoms with van der Waals surface area (Å²) < 4.78 is 2.06. The average Bonchev–Trinajstić information content (AvgIpc) is 3.11. The smallest absolute Gasteiger partial charge is 0.155 e. The number of rotatable bonds is 3. The molecule has 0 spiro atoms. The van der Waals surface area contributed by atoms with E-state index in [0.717, 1.165) is 33.6 Å². The minimum absolute atomic E-state index is 0.264. The molecule has 0 saturated heterocycles. The molecule has 2 heterocycles. The number of halogens is 1. The third-order valence-electron chi connectivity index (χ3n) is 3.98. The summed E-state index contributed by atoms with van der Waals surface area (Å²) in [4.78, 5) is 4.75. The second-order valence-corrected chi connectivity index (χ2v) is 6.01. The Kier molecular flexibility index (Phi) is 3.66. The average molecular weight is 351 g/mol. The molecule has 0 aliphatic rings. The van der Waals surface area contributed by atoms with E-state index in [0.29, 0.717) is 5.02 Å². The van der Waals surface area contributed by atoms with Gasteiger partial charge in [-0.3, -0.25) is 0 Å². The van der Waals surface area contributed by atoms with Crippen molar-refractivity contribution in [3.05, 3.63) is 71.4 Å². The SMILES string of the molecule is N/N=C(\N)c1ccc2c(c1)nc(Nc1cccc(Cl)c1)c1cccn12. The minimum atomic E-state index is 0.264. The molecule has 7 heteroatoms. The van der Waals surface area contributed by atoms with Crippen LogP contribution in [-0.2, 0) is 0 Å². The molecule has 0 atom stereocenters. The van der Waals surface area contributed by atoms with Crippen molar-refractivity contribution in [3.63, 3.8) is 0 Å². The highest BCUT2D eigenvalue weighted by Gasteiger charge is 2.10. The number of hydrogen-bond donors (Lipinski definition) is 3. The van der Waals surface area contributed by atoms with E-state index < -0.39 is 0 Å². The lowest BCUT2D eigenvalue weighted by molar-refractivity contribution is 1.21. The molecular formula is C18H15ClN6. The molecule has 0 aliphatic heterocycles. The van der Waals surface area contributed by atoms with Gasteiger partial charge >= 0.3 is 0 Å². The number of hydrogen-bond acceptors (Lipinski definition) is 4. The van der Waals surface area contributed by atoms with Crippen molar-refractivity contribution in [2.75, 3.05) is 5.32 Å². The monoisotopic (exact) mass is 350 g/mol. The largest absolute Gasteiger partial charge is 0.382 e. The van der Waals surface area contributed by atoms with Crippen LogP contribution in [0.15, 0.2) is 65.9 Å². The molecule has 0 fully saturated rings. The van der Waals surface area contributed by atoms with Gasteiger partial charge in [-0.15, -0.1) is 0 Å². The molecule has 0 radical (unpaired) electrons. The third kappa shape index (κ3) is 2.72. The fraction of sp³-hybridized carbons (Fsp3) is 0. The van der Waals surface area contributed by atoms with Crippen molar-refractivity contribution < 1.29 is 0 Å². The molecule has 6 nitrogen and oxygen atoms in total. The van der Waals surface area contributed by atoms with E-state index in [4.69, 9.17) is 28.2 Å². The zero-order chi connectivity index (χ0) is 17.4. The molecule has 2 aromatic carbocycles. The standard InChI is InChI=1S/C18H15ClN6/c19-12-3-1-4-13(10-12)22-18-16-5-2-8-25(16)15-7-6-11(17(20)24-21)9-14(15)23-18/h1-10H,21H2,(H2,20,24)(H,22,23). The molecular weight excluding hydrogens is 336 g/mol. The molecule has 4 aromatic rings. The first kappa shape index (κ1) is 15.3. The van der Waals surface area contributed by atoms with E-state index >= 15 is 0 Å². The number of fused-ring (bicyclic) bond motifs is 3. The van der Waals surface area contributed by atoms with Crippen LogP contribution in [-0.4, -0.2) is 15.2 Å². The van der Waals surface area contributed by atoms with Crippen molar-refractivity contribution in [1.82, 2.24) is 9.38 Å². The lowest BCUT2D eigenvalue weighted by Crippen LogP contribution is -2.15. The number of nitrogens with zero attached hydrogens (tertiary/aromatic N) is 3. The Bertz CT molecular complexity index is 1120. The van der Waals surface area contributed by atoms with Crippen LogP contribution in [0.1, 0.15) is 5.56 Å². The van der Waals surface area contributed by atoms with Gasteiger partial charge in [-0.05, 0) is 48.5 Å². The normalized spacial score (nSPS) is 12.0. The number of anilines is 2. The van der Waals surface area contributed by atoms with E-state index in [2.05, 4.69) is 14.8 Å². The predicted molar refractivity (Wildman–Crippen MR) is 102 cm³/mol. The van der Waals surface area contributed by atoms with Crippen molar-refractivity contribution >= 4 is 45.5 Å². The first-order valence-electron chi connectivity index (χ1n) is 7.63. The van der Waals surface area contributed by atoms with Gasteiger partial charge in [0.15, 0.2) is 5.82 Å². The molecule has 5 N–H and O–H groups in total. The molecule has 0 amide bonds. The Labute approximate surface area is 148 Å². The summed E-state index contributed by atoms with van der Waals surface area (Å²) in [5.41, 5.74) is 10.1. The molecule has 0 bridgehead atoms. The van der Waals surface area contributed by atoms with E-state index in [9.17, 15) is 0 Å². The molecule has 2 aromatic heterocycles. The molecule has 4 rings (SSSR count). The fourth-order valence-corrected chi connectivity index (χ4v) is 3.00. The first-order chi connectivity index (χ1) is 12.2. The van der Waals surface area contributed by atoms with E-state index in [-0.39, 0.29) is 5.84 Å². The Morgan fingerprint density at radius 3 is 2.76 bits per heavy atom. The van der Waals surface area contributed by atoms with Gasteiger partial charge in [0.25, 0.3) is 0 Å². The number of nitrogens with one attached hydrogen (secondary N) is 1. The lowest BCUT2D eigenvalue weighted by Gasteiger charge is -2.12. The lowest BCUT2D eigenvalue weighted by atomic mass is 10.1. The van der Waals surface area contributed by atoms with Gasteiger partial charge in [0.05, 0.1) is 16.6 Å². The number of amidine groups is 1. The summed E-state index contributed by atoms with van der Waals surface area (Å²) in [5, 5.41) is 7.53. The van der Waals surface area contributed by atoms with Crippen molar-refractivity contribution in [3.8, 4) is 0 Å². The first-order valence-corrected chi connectivity index (χ1v) is 8.00. The highest BCUT2D eigenvalue weighted by molar-refractivity contribution is 6.30. The topological polar surface area (TPSA) is 93.7 Å². The van der Waals surface area contributed by atoms with E-state index in [1.54, 1.807) is 0 Å². The van der Waals surface area contributed by atoms with Crippen LogP contribution in [0.2, 0.25) is 5.02 Å². The maximum absolute atomic E-state index is 6.07. The zero-order valence-electron chi connectivity index (χ0n) is 13.1. The van der Waals surface area contributed by atoms with Crippen LogP contribution in [0.5, 0.6) is 0 Å². The number of aromatic nitrogens is 2. The summed E-state index contributed by atoms with van der Waals surface area (Å²) in [6.45, 7) is 0. The predicted octanol–water partition coefficient (Wildman–Crippen LogP) is 3.46. The summed E-state index contributed by atoms with van der Waals surface area (Å²) in [7, 11) is 0. The van der Waals surface area contributed by atoms with Crippen LogP contribution < -0.4 is 16.9 Å². The molecule has 124 valence electrons. The Balaban J connectivity index is 1.91. The van der Waals surface area contributed by atoms with Gasteiger partial charge in [0.2, 0.25) is 0 Å². The molecule has 0 saturated carbocycles. The highest BCUT2D eigenvalue weighted by atomic mass is 35.5. The van der Waals surface area contributed by atoms with E-state index in [1.807, 2.05) is 60.8 Å². The fourth-order valence-electron chi connectivity index (χ4n) is 2.81. The van der Waals surface area contributed by atoms with Gasteiger partial charge in [0, 0.05) is 22.5 Å². The van der Waals surface area contributed by atoms with Crippen molar-refractivity contribution in [2.24, 2.45) is 16.7 Å². The summed E-state index contributed by atoms with van der Waals surface area (Å²) in [6.07, 6.45) is 1.99. The summed E-state index contributed by atoms with van der Waals surface area (Å²) in [5.74, 6) is 6.27. The maximum Gasteiger partial charge on any atom is 0.155 e. The van der Waals surface area contributed by atoms with Gasteiger partial charge in [-0.2, -0.15) is 5.10 Å². The van der Waals surface area contributed by atoms with Gasteiger partial charge in [-0.25, -0.2) is 4.98 Å². The van der Waals surface area contributed by atoms with Crippen LogP contribution in [0.3, 0.4) is 0 Å². The van der Waals surface area contributed by atoms with E-state index in [1.165, 1.54) is 0 Å². The third-order valence-corrected chi connectivity index (χ3v) is 4.22. The Morgan fingerprint density at radius 1 is 1.08 bits per heavy atom. The quantitative estimate of drug-likeness (QED) is 0.228. The van der Waals surface area contributed by atoms with Crippen LogP contribution in [0.25, 0.3) is 16.6 Å². The Hall–Kier alpha value is -3.25. The van der Waals surface area contributed by atoms with Crippen molar-refractivity contribution in [1.29, 1.82) is 0 Å². The van der Waals surface area contributed by atoms with Gasteiger partial charge < -0.3 is 21.3 Å².